The fraction of sp³-hybridized carbons (Fsp3) is 0.533. The van der Waals surface area contributed by atoms with E-state index >= 15 is 0 Å². The molecule has 0 bridgehead atoms. The van der Waals surface area contributed by atoms with E-state index in [9.17, 15) is 4.21 Å². The smallest absolute Gasteiger partial charge is 0.127 e. The van der Waals surface area contributed by atoms with Gasteiger partial charge in [0.1, 0.15) is 5.82 Å². The van der Waals surface area contributed by atoms with Gasteiger partial charge in [0.2, 0.25) is 0 Å². The summed E-state index contributed by atoms with van der Waals surface area (Å²) in [5.41, 5.74) is 3.43. The van der Waals surface area contributed by atoms with E-state index in [2.05, 4.69) is 17.6 Å². The van der Waals surface area contributed by atoms with Gasteiger partial charge in [0.05, 0.1) is 16.4 Å². The number of halogens is 1. The van der Waals surface area contributed by atoms with Crippen molar-refractivity contribution in [2.24, 2.45) is 0 Å². The number of rotatable bonds is 2. The number of hydrogen-bond donors (Lipinski definition) is 0. The number of aromatic nitrogens is 2. The fourth-order valence-corrected chi connectivity index (χ4v) is 4.46. The molecule has 2 heterocycles. The van der Waals surface area contributed by atoms with Crippen molar-refractivity contribution in [1.29, 1.82) is 0 Å². The summed E-state index contributed by atoms with van der Waals surface area (Å²) in [6.45, 7) is 4.08. The third kappa shape index (κ3) is 2.40. The minimum atomic E-state index is -0.646. The van der Waals surface area contributed by atoms with Crippen molar-refractivity contribution >= 4 is 33.4 Å². The molecule has 0 spiro atoms. The summed E-state index contributed by atoms with van der Waals surface area (Å²) in [5.74, 6) is 2.51. The van der Waals surface area contributed by atoms with Gasteiger partial charge in [0, 0.05) is 28.3 Å². The van der Waals surface area contributed by atoms with Gasteiger partial charge in [0.25, 0.3) is 0 Å². The van der Waals surface area contributed by atoms with Gasteiger partial charge >= 0.3 is 0 Å². The summed E-state index contributed by atoms with van der Waals surface area (Å²) < 4.78 is 13.9. The third-order valence-electron chi connectivity index (χ3n) is 4.02. The van der Waals surface area contributed by atoms with E-state index in [-0.39, 0.29) is 5.38 Å². The van der Waals surface area contributed by atoms with Crippen LogP contribution in [0.25, 0.3) is 11.0 Å². The second kappa shape index (κ2) is 5.49. The van der Waals surface area contributed by atoms with Gasteiger partial charge in [-0.1, -0.05) is 12.1 Å². The molecule has 0 amide bonds. The van der Waals surface area contributed by atoms with Crippen molar-refractivity contribution in [3.8, 4) is 0 Å². The topological polar surface area (TPSA) is 34.9 Å². The molecule has 1 saturated heterocycles. The number of alkyl halides is 1. The van der Waals surface area contributed by atoms with Crippen LogP contribution in [0.2, 0.25) is 0 Å². The molecule has 5 heteroatoms. The average molecular weight is 311 g/mol. The lowest BCUT2D eigenvalue weighted by atomic mass is 10.1. The van der Waals surface area contributed by atoms with Crippen LogP contribution in [0.3, 0.4) is 0 Å². The molecule has 0 aliphatic carbocycles. The maximum absolute atomic E-state index is 11.6. The molecule has 108 valence electrons. The second-order valence-electron chi connectivity index (χ2n) is 5.48. The van der Waals surface area contributed by atoms with Gasteiger partial charge in [-0.15, -0.1) is 11.6 Å². The van der Waals surface area contributed by atoms with Crippen molar-refractivity contribution in [1.82, 2.24) is 9.55 Å². The molecule has 1 atom stereocenters. The fourth-order valence-electron chi connectivity index (χ4n) is 3.03. The highest BCUT2D eigenvalue weighted by atomic mass is 35.5. The molecular weight excluding hydrogens is 292 g/mol. The predicted octanol–water partition coefficient (Wildman–Crippen LogP) is 3.73. The van der Waals surface area contributed by atoms with Crippen LogP contribution in [0, 0.1) is 6.92 Å². The number of aryl methyl sites for hydroxylation is 1. The van der Waals surface area contributed by atoms with Crippen LogP contribution in [-0.4, -0.2) is 25.3 Å². The third-order valence-corrected chi connectivity index (χ3v) is 5.59. The minimum Gasteiger partial charge on any atom is -0.323 e. The Bertz CT molecular complexity index is 655. The highest BCUT2D eigenvalue weighted by Gasteiger charge is 2.26. The molecule has 1 aliphatic heterocycles. The first-order valence-corrected chi connectivity index (χ1v) is 8.97. The molecule has 1 aromatic carbocycles. The summed E-state index contributed by atoms with van der Waals surface area (Å²) in [6, 6.07) is 6.57. The van der Waals surface area contributed by atoms with Gasteiger partial charge < -0.3 is 4.57 Å². The van der Waals surface area contributed by atoms with Gasteiger partial charge in [-0.3, -0.25) is 4.21 Å². The number of hydrogen-bond acceptors (Lipinski definition) is 2. The molecule has 1 fully saturated rings. The van der Waals surface area contributed by atoms with Gasteiger partial charge in [-0.2, -0.15) is 0 Å². The summed E-state index contributed by atoms with van der Waals surface area (Å²) in [5, 5.41) is -0.116. The Labute approximate surface area is 126 Å². The Hall–Kier alpha value is -0.870. The average Bonchev–Trinajstić information content (AvgIpc) is 2.81. The summed E-state index contributed by atoms with van der Waals surface area (Å²) in [7, 11) is -0.646. The zero-order valence-electron chi connectivity index (χ0n) is 11.8. The van der Waals surface area contributed by atoms with Crippen LogP contribution in [0.4, 0.5) is 0 Å². The quantitative estimate of drug-likeness (QED) is 0.792. The van der Waals surface area contributed by atoms with E-state index in [1.165, 1.54) is 11.1 Å². The van der Waals surface area contributed by atoms with Crippen molar-refractivity contribution < 1.29 is 4.21 Å². The Morgan fingerprint density at radius 1 is 1.40 bits per heavy atom. The highest BCUT2D eigenvalue weighted by Crippen LogP contribution is 2.34. The van der Waals surface area contributed by atoms with E-state index in [1.807, 2.05) is 19.1 Å². The second-order valence-corrected chi connectivity index (χ2v) is 7.83. The van der Waals surface area contributed by atoms with Crippen molar-refractivity contribution in [2.75, 3.05) is 11.5 Å². The predicted molar refractivity (Wildman–Crippen MR) is 84.9 cm³/mol. The van der Waals surface area contributed by atoms with E-state index in [1.54, 1.807) is 0 Å². The number of imidazole rings is 1. The molecule has 3 rings (SSSR count). The lowest BCUT2D eigenvalue weighted by Crippen LogP contribution is -2.23. The first kappa shape index (κ1) is 14.1. The van der Waals surface area contributed by atoms with Crippen LogP contribution in [0.1, 0.15) is 42.6 Å². The van der Waals surface area contributed by atoms with E-state index in [0.29, 0.717) is 6.04 Å². The molecule has 0 saturated carbocycles. The zero-order chi connectivity index (χ0) is 14.3. The van der Waals surface area contributed by atoms with E-state index < -0.39 is 10.8 Å². The van der Waals surface area contributed by atoms with Crippen LogP contribution in [-0.2, 0) is 10.8 Å². The standard InChI is InChI=1S/C15H19ClN2OS/c1-10-4-3-5-13-14(10)18(15(17-13)11(2)16)12-6-8-20(19)9-7-12/h3-5,11-12H,6-9H2,1-2H3. The molecule has 1 aromatic heterocycles. The van der Waals surface area contributed by atoms with Crippen molar-refractivity contribution in [3.63, 3.8) is 0 Å². The summed E-state index contributed by atoms with van der Waals surface area (Å²) in [6.07, 6.45) is 1.89. The molecule has 20 heavy (non-hydrogen) atoms. The molecule has 3 nitrogen and oxygen atoms in total. The van der Waals surface area contributed by atoms with Crippen LogP contribution in [0.5, 0.6) is 0 Å². The zero-order valence-corrected chi connectivity index (χ0v) is 13.4. The first-order valence-electron chi connectivity index (χ1n) is 7.04. The highest BCUT2D eigenvalue weighted by molar-refractivity contribution is 7.85. The van der Waals surface area contributed by atoms with Crippen LogP contribution in [0.15, 0.2) is 18.2 Å². The largest absolute Gasteiger partial charge is 0.323 e. The Morgan fingerprint density at radius 3 is 2.75 bits per heavy atom. The number of fused-ring (bicyclic) bond motifs is 1. The van der Waals surface area contributed by atoms with Crippen LogP contribution < -0.4 is 0 Å². The lowest BCUT2D eigenvalue weighted by molar-refractivity contribution is 0.457. The molecular formula is C15H19ClN2OS. The van der Waals surface area contributed by atoms with E-state index in [0.717, 1.165) is 35.7 Å². The summed E-state index contributed by atoms with van der Waals surface area (Å²) in [4.78, 5) is 4.72. The Kier molecular flexibility index (Phi) is 3.87. The van der Waals surface area contributed by atoms with Gasteiger partial charge in [-0.25, -0.2) is 4.98 Å². The maximum Gasteiger partial charge on any atom is 0.127 e. The summed E-state index contributed by atoms with van der Waals surface area (Å²) >= 11 is 6.34. The molecule has 0 radical (unpaired) electrons. The van der Waals surface area contributed by atoms with Crippen LogP contribution >= 0.6 is 11.6 Å². The van der Waals surface area contributed by atoms with Gasteiger partial charge in [-0.05, 0) is 38.3 Å². The van der Waals surface area contributed by atoms with E-state index in [4.69, 9.17) is 16.6 Å². The number of benzene rings is 1. The Morgan fingerprint density at radius 2 is 2.10 bits per heavy atom. The van der Waals surface area contributed by atoms with Crippen molar-refractivity contribution in [3.05, 3.63) is 29.6 Å². The number of nitrogens with zero attached hydrogens (tertiary/aromatic N) is 2. The monoisotopic (exact) mass is 310 g/mol. The normalized spacial score (nSPS) is 24.9. The molecule has 0 N–H and O–H groups in total. The molecule has 1 aliphatic rings. The molecule has 1 unspecified atom stereocenters. The molecule has 2 aromatic rings. The minimum absolute atomic E-state index is 0.116. The number of para-hydroxylation sites is 1. The first-order chi connectivity index (χ1) is 9.58. The van der Waals surface area contributed by atoms with Crippen molar-refractivity contribution in [2.45, 2.75) is 38.1 Å². The van der Waals surface area contributed by atoms with Gasteiger partial charge in [0.15, 0.2) is 0 Å². The lowest BCUT2D eigenvalue weighted by Gasteiger charge is -2.26. The SMILES string of the molecule is Cc1cccc2nc(C(C)Cl)n(C3CCS(=O)CC3)c12. The Balaban J connectivity index is 2.16. The maximum atomic E-state index is 11.6.